The lowest BCUT2D eigenvalue weighted by Crippen LogP contribution is -2.45. The van der Waals surface area contributed by atoms with Gasteiger partial charge in [0.15, 0.2) is 5.71 Å². The molecule has 0 aliphatic carbocycles. The maximum Gasteiger partial charge on any atom is 0.469 e. The van der Waals surface area contributed by atoms with E-state index in [1.54, 1.807) is 0 Å². The number of fused-ring (bicyclic) bond motifs is 2. The number of hydrogen-bond donors (Lipinski definition) is 4. The predicted octanol–water partition coefficient (Wildman–Crippen LogP) is 5.08. The predicted molar refractivity (Wildman–Crippen MR) is 170 cm³/mol. The summed E-state index contributed by atoms with van der Waals surface area (Å²) in [5, 5.41) is 12.2. The van der Waals surface area contributed by atoms with E-state index in [1.165, 1.54) is 40.8 Å². The molecule has 0 saturated heterocycles. The second-order valence-corrected chi connectivity index (χ2v) is 13.6. The van der Waals surface area contributed by atoms with Crippen molar-refractivity contribution in [1.82, 2.24) is 5.32 Å². The number of carbonyl (C=O) groups is 1. The van der Waals surface area contributed by atoms with Gasteiger partial charge in [-0.3, -0.25) is 9.32 Å². The Balaban J connectivity index is 1.46. The Morgan fingerprint density at radius 1 is 1.05 bits per heavy atom. The first kappa shape index (κ1) is 32.8. The molecule has 0 aromatic heterocycles. The van der Waals surface area contributed by atoms with Crippen LogP contribution in [0.3, 0.4) is 0 Å². The number of anilines is 1. The highest BCUT2D eigenvalue weighted by molar-refractivity contribution is 7.46. The van der Waals surface area contributed by atoms with Crippen molar-refractivity contribution in [3.63, 3.8) is 0 Å². The molecule has 2 aliphatic heterocycles. The van der Waals surface area contributed by atoms with E-state index in [0.717, 1.165) is 13.0 Å². The summed E-state index contributed by atoms with van der Waals surface area (Å²) in [7, 11) is -2.62. The minimum absolute atomic E-state index is 0.108. The summed E-state index contributed by atoms with van der Waals surface area (Å²) < 4.78 is 18.0. The maximum atomic E-state index is 12.6. The second kappa shape index (κ2) is 12.9. The van der Waals surface area contributed by atoms with Gasteiger partial charge in [-0.2, -0.15) is 4.58 Å². The summed E-state index contributed by atoms with van der Waals surface area (Å²) in [4.78, 5) is 33.0. The van der Waals surface area contributed by atoms with Crippen LogP contribution in [0.25, 0.3) is 0 Å². The van der Waals surface area contributed by atoms with Gasteiger partial charge in [0.25, 0.3) is 0 Å². The molecular formula is C33H45N3O6P+. The highest BCUT2D eigenvalue weighted by atomic mass is 31.2. The number of hydrogen-bond acceptors (Lipinski definition) is 5. The number of aliphatic hydroxyl groups is 1. The number of aliphatic hydroxyl groups excluding tert-OH is 1. The Bertz CT molecular complexity index is 1490. The zero-order valence-corrected chi connectivity index (χ0v) is 26.8. The Kier molecular flexibility index (Phi) is 9.84. The quantitative estimate of drug-likeness (QED) is 0.150. The van der Waals surface area contributed by atoms with Crippen molar-refractivity contribution in [2.24, 2.45) is 0 Å². The average Bonchev–Trinajstić information content (AvgIpc) is 3.27. The zero-order chi connectivity index (χ0) is 31.6. The minimum Gasteiger partial charge on any atom is -0.394 e. The van der Waals surface area contributed by atoms with E-state index in [-0.39, 0.29) is 23.2 Å². The third kappa shape index (κ3) is 7.03. The number of carbonyl (C=O) groups excluding carboxylic acids is 1. The van der Waals surface area contributed by atoms with Gasteiger partial charge in [0, 0.05) is 47.5 Å². The molecule has 0 saturated carbocycles. The Morgan fingerprint density at radius 3 is 2.35 bits per heavy atom. The molecule has 4 N–H and O–H groups in total. The third-order valence-corrected chi connectivity index (χ3v) is 9.30. The molecule has 0 radical (unpaired) electrons. The van der Waals surface area contributed by atoms with Crippen LogP contribution in [-0.4, -0.2) is 63.4 Å². The normalized spacial score (nSPS) is 19.6. The highest BCUT2D eigenvalue weighted by Gasteiger charge is 2.43. The Hall–Kier alpha value is -3.07. The van der Waals surface area contributed by atoms with Crippen LogP contribution in [0.2, 0.25) is 0 Å². The minimum atomic E-state index is -4.73. The van der Waals surface area contributed by atoms with Crippen molar-refractivity contribution in [3.8, 4) is 0 Å². The van der Waals surface area contributed by atoms with Crippen LogP contribution in [-0.2, 0) is 24.7 Å². The van der Waals surface area contributed by atoms with Crippen molar-refractivity contribution in [1.29, 1.82) is 0 Å². The van der Waals surface area contributed by atoms with E-state index in [1.807, 2.05) is 6.07 Å². The lowest BCUT2D eigenvalue weighted by atomic mass is 9.81. The molecule has 43 heavy (non-hydrogen) atoms. The molecule has 2 heterocycles. The van der Waals surface area contributed by atoms with E-state index in [2.05, 4.69) is 115 Å². The Labute approximate surface area is 254 Å². The van der Waals surface area contributed by atoms with Gasteiger partial charge in [0.1, 0.15) is 7.05 Å². The first-order valence-electron chi connectivity index (χ1n) is 14.8. The summed E-state index contributed by atoms with van der Waals surface area (Å²) in [6.07, 6.45) is 7.11. The zero-order valence-electron chi connectivity index (χ0n) is 25.9. The molecule has 0 bridgehead atoms. The van der Waals surface area contributed by atoms with E-state index >= 15 is 0 Å². The van der Waals surface area contributed by atoms with Crippen molar-refractivity contribution in [2.45, 2.75) is 76.9 Å². The van der Waals surface area contributed by atoms with Crippen LogP contribution in [0, 0.1) is 0 Å². The van der Waals surface area contributed by atoms with Crippen molar-refractivity contribution < 1.29 is 33.4 Å². The first-order valence-corrected chi connectivity index (χ1v) is 16.3. The molecule has 0 spiro atoms. The van der Waals surface area contributed by atoms with Crippen molar-refractivity contribution >= 4 is 30.8 Å². The van der Waals surface area contributed by atoms with E-state index < -0.39 is 26.6 Å². The largest absolute Gasteiger partial charge is 0.469 e. The summed E-state index contributed by atoms with van der Waals surface area (Å²) in [6, 6.07) is 16.0. The number of unbranched alkanes of at least 4 members (excludes halogenated alkanes) is 1. The van der Waals surface area contributed by atoms with Gasteiger partial charge >= 0.3 is 7.82 Å². The fourth-order valence-electron chi connectivity index (χ4n) is 6.35. The fourth-order valence-corrected chi connectivity index (χ4v) is 6.93. The van der Waals surface area contributed by atoms with Crippen LogP contribution >= 0.6 is 7.82 Å². The number of phosphoric ester groups is 1. The smallest absolute Gasteiger partial charge is 0.394 e. The van der Waals surface area contributed by atoms with Gasteiger partial charge < -0.3 is 25.1 Å². The van der Waals surface area contributed by atoms with Gasteiger partial charge in [-0.25, -0.2) is 4.57 Å². The lowest BCUT2D eigenvalue weighted by molar-refractivity contribution is -0.401. The molecule has 1 amide bonds. The molecule has 4 rings (SSSR count). The Morgan fingerprint density at radius 2 is 1.70 bits per heavy atom. The molecule has 232 valence electrons. The van der Waals surface area contributed by atoms with E-state index in [0.29, 0.717) is 6.42 Å². The number of amides is 1. The third-order valence-electron chi connectivity index (χ3n) is 8.70. The lowest BCUT2D eigenvalue weighted by Gasteiger charge is -2.27. The molecular weight excluding hydrogens is 565 g/mol. The van der Waals surface area contributed by atoms with Crippen LogP contribution < -0.4 is 10.2 Å². The van der Waals surface area contributed by atoms with Gasteiger partial charge in [0.2, 0.25) is 11.6 Å². The van der Waals surface area contributed by atoms with Crippen molar-refractivity contribution in [2.75, 3.05) is 25.1 Å². The monoisotopic (exact) mass is 610 g/mol. The fraction of sp³-hybridized carbons (Fsp3) is 0.455. The van der Waals surface area contributed by atoms with Gasteiger partial charge in [0.05, 0.1) is 24.2 Å². The van der Waals surface area contributed by atoms with Crippen LogP contribution in [0.15, 0.2) is 72.5 Å². The standard InChI is InChI=1S/C33H44N3O6P/c1-23(42-43(39,40)41)26(22-37)34-31(38)20-11-12-21-36-28-17-10-8-15-25(28)33(4,5)30(36)19-13-18-29-32(2,3)24-14-7-9-16-27(24)35(29)6/h7-10,13-19,23,26,37H,11-12,20-22H2,1-6H3,(H2-,34,38,39,40,41)/p+1/t23-,26-/m0/s1. The van der Waals surface area contributed by atoms with Crippen LogP contribution in [0.1, 0.15) is 65.0 Å². The number of nitrogens with one attached hydrogen (secondary N) is 1. The second-order valence-electron chi connectivity index (χ2n) is 12.4. The van der Waals surface area contributed by atoms with Gasteiger partial charge in [-0.15, -0.1) is 0 Å². The molecule has 2 aromatic rings. The summed E-state index contributed by atoms with van der Waals surface area (Å²) in [5.41, 5.74) is 7.09. The SMILES string of the molecule is C[C@H](OP(=O)(O)O)[C@H](CO)NC(=O)CCCCN1C(=CC=CC2=[N+](C)c3ccccc3C2(C)C)C(C)(C)c2ccccc21. The number of allylic oxidation sites excluding steroid dienone is 4. The van der Waals surface area contributed by atoms with Crippen molar-refractivity contribution in [3.05, 3.63) is 83.6 Å². The first-order chi connectivity index (χ1) is 20.2. The van der Waals surface area contributed by atoms with Gasteiger partial charge in [-0.1, -0.05) is 56.3 Å². The number of para-hydroxylation sites is 2. The molecule has 2 aliphatic rings. The topological polar surface area (TPSA) is 122 Å². The van der Waals surface area contributed by atoms with Gasteiger partial charge in [-0.05, 0) is 51.3 Å². The summed E-state index contributed by atoms with van der Waals surface area (Å²) in [5.74, 6) is -0.303. The molecule has 0 unspecified atom stereocenters. The summed E-state index contributed by atoms with van der Waals surface area (Å²) >= 11 is 0. The molecule has 2 atom stereocenters. The molecule has 0 fully saturated rings. The summed E-state index contributed by atoms with van der Waals surface area (Å²) in [6.45, 7) is 10.6. The molecule has 9 nitrogen and oxygen atoms in total. The number of benzene rings is 2. The number of phosphoric acid groups is 1. The van der Waals surface area contributed by atoms with E-state index in [9.17, 15) is 14.5 Å². The molecule has 10 heteroatoms. The number of nitrogens with zero attached hydrogens (tertiary/aromatic N) is 2. The van der Waals surface area contributed by atoms with E-state index in [4.69, 9.17) is 9.79 Å². The molecule has 2 aromatic carbocycles. The highest BCUT2D eigenvalue weighted by Crippen LogP contribution is 2.48. The maximum absolute atomic E-state index is 12.6. The average molecular weight is 611 g/mol. The number of rotatable bonds is 12. The van der Waals surface area contributed by atoms with Crippen LogP contribution in [0.4, 0.5) is 11.4 Å². The van der Waals surface area contributed by atoms with Crippen LogP contribution in [0.5, 0.6) is 0 Å².